The normalized spacial score (nSPS) is 14.3. The van der Waals surface area contributed by atoms with E-state index in [1.807, 2.05) is 34.7 Å². The number of anilines is 1. The number of H-pyrrole nitrogens is 1. The first-order chi connectivity index (χ1) is 17.8. The molecule has 0 unspecified atom stereocenters. The Balaban J connectivity index is 1.30. The van der Waals surface area contributed by atoms with E-state index in [9.17, 15) is 4.79 Å². The number of rotatable bonds is 6. The molecule has 0 saturated carbocycles. The van der Waals surface area contributed by atoms with Crippen molar-refractivity contribution in [3.8, 4) is 11.4 Å². The number of aromatic nitrogens is 6. The molecule has 4 aromatic heterocycles. The summed E-state index contributed by atoms with van der Waals surface area (Å²) in [5, 5.41) is 19.9. The number of amides is 1. The number of benzene rings is 1. The van der Waals surface area contributed by atoms with E-state index in [1.165, 1.54) is 16.9 Å². The first-order valence-corrected chi connectivity index (χ1v) is 12.8. The summed E-state index contributed by atoms with van der Waals surface area (Å²) in [5.41, 5.74) is 5.26. The van der Waals surface area contributed by atoms with Gasteiger partial charge >= 0.3 is 0 Å². The largest absolute Gasteiger partial charge is 0.379 e. The van der Waals surface area contributed by atoms with Crippen molar-refractivity contribution in [1.29, 1.82) is 0 Å². The molecule has 1 saturated heterocycles. The smallest absolute Gasteiger partial charge is 0.257 e. The Morgan fingerprint density at radius 3 is 2.72 bits per heavy atom. The number of aromatic amines is 1. The lowest BCUT2D eigenvalue weighted by Crippen LogP contribution is -2.38. The SMILES string of the molecule is O=C(c1cnc2c(-c3nn[nH]n3)csc2c1NCc1cccnc1)N1CCC(c2ccccc2)CC1. The van der Waals surface area contributed by atoms with Crippen LogP contribution in [0, 0.1) is 0 Å². The van der Waals surface area contributed by atoms with Gasteiger partial charge in [0, 0.05) is 43.6 Å². The highest BCUT2D eigenvalue weighted by molar-refractivity contribution is 7.18. The van der Waals surface area contributed by atoms with Crippen molar-refractivity contribution in [2.75, 3.05) is 18.4 Å². The molecule has 1 aliphatic heterocycles. The number of thiophene rings is 1. The van der Waals surface area contributed by atoms with Crippen LogP contribution >= 0.6 is 11.3 Å². The van der Waals surface area contributed by atoms with Crippen molar-refractivity contribution in [2.45, 2.75) is 25.3 Å². The Bertz CT molecular complexity index is 1460. The second-order valence-corrected chi connectivity index (χ2v) is 9.68. The summed E-state index contributed by atoms with van der Waals surface area (Å²) in [6.07, 6.45) is 7.14. The lowest BCUT2D eigenvalue weighted by atomic mass is 9.89. The molecule has 9 nitrogen and oxygen atoms in total. The zero-order valence-electron chi connectivity index (χ0n) is 19.5. The summed E-state index contributed by atoms with van der Waals surface area (Å²) < 4.78 is 0.892. The number of hydrogen-bond donors (Lipinski definition) is 2. The number of nitrogens with one attached hydrogen (secondary N) is 2. The van der Waals surface area contributed by atoms with Crippen LogP contribution in [0.15, 0.2) is 66.4 Å². The van der Waals surface area contributed by atoms with Gasteiger partial charge in [0.1, 0.15) is 0 Å². The molecule has 1 amide bonds. The molecular weight excluding hydrogens is 472 g/mol. The summed E-state index contributed by atoms with van der Waals surface area (Å²) >= 11 is 1.52. The first-order valence-electron chi connectivity index (χ1n) is 11.9. The van der Waals surface area contributed by atoms with E-state index >= 15 is 0 Å². The predicted molar refractivity (Wildman–Crippen MR) is 139 cm³/mol. The van der Waals surface area contributed by atoms with Gasteiger partial charge in [0.15, 0.2) is 0 Å². The lowest BCUT2D eigenvalue weighted by Gasteiger charge is -2.32. The third-order valence-corrected chi connectivity index (χ3v) is 7.63. The van der Waals surface area contributed by atoms with E-state index < -0.39 is 0 Å². The van der Waals surface area contributed by atoms with E-state index in [2.05, 4.69) is 60.2 Å². The lowest BCUT2D eigenvalue weighted by molar-refractivity contribution is 0.0713. The summed E-state index contributed by atoms with van der Waals surface area (Å²) in [6.45, 7) is 1.98. The van der Waals surface area contributed by atoms with E-state index in [0.717, 1.165) is 53.0 Å². The van der Waals surface area contributed by atoms with E-state index in [4.69, 9.17) is 0 Å². The molecule has 6 rings (SSSR count). The fourth-order valence-electron chi connectivity index (χ4n) is 4.75. The fourth-order valence-corrected chi connectivity index (χ4v) is 5.78. The van der Waals surface area contributed by atoms with E-state index in [0.29, 0.717) is 23.9 Å². The third-order valence-electron chi connectivity index (χ3n) is 6.65. The maximum absolute atomic E-state index is 13.8. The van der Waals surface area contributed by atoms with Crippen LogP contribution in [-0.2, 0) is 6.54 Å². The quantitative estimate of drug-likeness (QED) is 0.356. The van der Waals surface area contributed by atoms with Gasteiger partial charge in [0.05, 0.1) is 27.0 Å². The Hall–Kier alpha value is -4.18. The predicted octanol–water partition coefficient (Wildman–Crippen LogP) is 4.50. The Morgan fingerprint density at radius 1 is 1.11 bits per heavy atom. The minimum atomic E-state index is -0.000825. The topological polar surface area (TPSA) is 113 Å². The van der Waals surface area contributed by atoms with Crippen molar-refractivity contribution in [1.82, 2.24) is 35.5 Å². The molecule has 5 heterocycles. The Labute approximate surface area is 211 Å². The molecule has 0 radical (unpaired) electrons. The van der Waals surface area contributed by atoms with Crippen molar-refractivity contribution < 1.29 is 4.79 Å². The molecule has 1 fully saturated rings. The monoisotopic (exact) mass is 496 g/mol. The zero-order valence-corrected chi connectivity index (χ0v) is 20.3. The van der Waals surface area contributed by atoms with Gasteiger partial charge in [-0.15, -0.1) is 21.5 Å². The van der Waals surface area contributed by atoms with Crippen LogP contribution < -0.4 is 5.32 Å². The summed E-state index contributed by atoms with van der Waals surface area (Å²) in [5.74, 6) is 0.960. The fraction of sp³-hybridized carbons (Fsp3) is 0.231. The van der Waals surface area contributed by atoms with Crippen LogP contribution in [0.5, 0.6) is 0 Å². The molecule has 10 heteroatoms. The average Bonchev–Trinajstić information content (AvgIpc) is 3.63. The van der Waals surface area contributed by atoms with E-state index in [-0.39, 0.29) is 5.91 Å². The Morgan fingerprint density at radius 2 is 1.97 bits per heavy atom. The summed E-state index contributed by atoms with van der Waals surface area (Å²) in [4.78, 5) is 24.6. The van der Waals surface area contributed by atoms with Crippen LogP contribution in [0.25, 0.3) is 21.6 Å². The number of tetrazole rings is 1. The summed E-state index contributed by atoms with van der Waals surface area (Å²) in [7, 11) is 0. The highest BCUT2D eigenvalue weighted by atomic mass is 32.1. The minimum absolute atomic E-state index is 0.000825. The van der Waals surface area contributed by atoms with Gasteiger partial charge in [-0.3, -0.25) is 14.8 Å². The standard InChI is InChI=1S/C26H24N8OS/c35-26(34-11-8-19(9-12-34)18-6-2-1-3-7-18)20-15-29-23-21(25-30-32-33-31-25)16-36-24(23)22(20)28-14-17-5-4-10-27-13-17/h1-7,10,13,15-16,19H,8-9,11-12,14H2,(H,28,29)(H,30,31,32,33). The van der Waals surface area contributed by atoms with Crippen molar-refractivity contribution in [3.05, 3.63) is 83.1 Å². The second kappa shape index (κ2) is 9.82. The average molecular weight is 497 g/mol. The molecule has 0 aliphatic carbocycles. The summed E-state index contributed by atoms with van der Waals surface area (Å²) in [6, 6.07) is 14.5. The number of fused-ring (bicyclic) bond motifs is 1. The van der Waals surface area contributed by atoms with Crippen molar-refractivity contribution in [3.63, 3.8) is 0 Å². The van der Waals surface area contributed by atoms with Gasteiger partial charge in [-0.2, -0.15) is 5.21 Å². The number of hydrogen-bond acceptors (Lipinski definition) is 8. The minimum Gasteiger partial charge on any atom is -0.379 e. The maximum Gasteiger partial charge on any atom is 0.257 e. The van der Waals surface area contributed by atoms with Crippen LogP contribution in [0.4, 0.5) is 5.69 Å². The third kappa shape index (κ3) is 4.31. The molecule has 5 aromatic rings. The number of pyridine rings is 2. The number of nitrogens with zero attached hydrogens (tertiary/aromatic N) is 6. The van der Waals surface area contributed by atoms with Crippen LogP contribution in [0.1, 0.15) is 40.2 Å². The van der Waals surface area contributed by atoms with Crippen LogP contribution in [0.3, 0.4) is 0 Å². The van der Waals surface area contributed by atoms with Gasteiger partial charge in [-0.1, -0.05) is 36.4 Å². The maximum atomic E-state index is 13.8. The molecule has 0 spiro atoms. The molecule has 1 aromatic carbocycles. The number of carbonyl (C=O) groups is 1. The van der Waals surface area contributed by atoms with Crippen molar-refractivity contribution in [2.24, 2.45) is 0 Å². The highest BCUT2D eigenvalue weighted by Crippen LogP contribution is 2.38. The van der Waals surface area contributed by atoms with Crippen molar-refractivity contribution >= 4 is 33.1 Å². The highest BCUT2D eigenvalue weighted by Gasteiger charge is 2.28. The number of carbonyl (C=O) groups excluding carboxylic acids is 1. The van der Waals surface area contributed by atoms with Gasteiger partial charge in [0.2, 0.25) is 5.82 Å². The van der Waals surface area contributed by atoms with Gasteiger partial charge < -0.3 is 10.2 Å². The van der Waals surface area contributed by atoms with E-state index in [1.54, 1.807) is 12.4 Å². The molecule has 36 heavy (non-hydrogen) atoms. The van der Waals surface area contributed by atoms with Crippen LogP contribution in [-0.4, -0.2) is 54.5 Å². The first kappa shape index (κ1) is 22.3. The molecule has 0 atom stereocenters. The van der Waals surface area contributed by atoms with Crippen LogP contribution in [0.2, 0.25) is 0 Å². The molecule has 1 aliphatic rings. The molecule has 180 valence electrons. The second-order valence-electron chi connectivity index (χ2n) is 8.80. The van der Waals surface area contributed by atoms with Gasteiger partial charge in [-0.05, 0) is 41.2 Å². The number of piperidine rings is 1. The van der Waals surface area contributed by atoms with Gasteiger partial charge in [-0.25, -0.2) is 0 Å². The van der Waals surface area contributed by atoms with Gasteiger partial charge in [0.25, 0.3) is 5.91 Å². The Kier molecular flexibility index (Phi) is 6.08. The molecule has 0 bridgehead atoms. The number of likely N-dealkylation sites (tertiary alicyclic amines) is 1. The molecular formula is C26H24N8OS. The zero-order chi connectivity index (χ0) is 24.3. The molecule has 2 N–H and O–H groups in total.